The standard InChI is InChI=1S/C21H21N3O2/c1-15-8-7-9-17(14-15)26-20-12-4-3-11-19(20)24-21(25)23-16(2)18-10-5-6-13-22-18/h3-14,16H,1-2H3,(H2,23,24,25). The molecular formula is C21H21N3O2. The van der Waals surface area contributed by atoms with Crippen molar-refractivity contribution in [2.24, 2.45) is 0 Å². The predicted octanol–water partition coefficient (Wildman–Crippen LogP) is 5.07. The second kappa shape index (κ2) is 8.16. The van der Waals surface area contributed by atoms with Crippen molar-refractivity contribution in [3.05, 3.63) is 84.2 Å². The third kappa shape index (κ3) is 4.60. The Morgan fingerprint density at radius 3 is 2.62 bits per heavy atom. The molecule has 1 atom stereocenters. The number of nitrogens with one attached hydrogen (secondary N) is 2. The van der Waals surface area contributed by atoms with Gasteiger partial charge in [-0.15, -0.1) is 0 Å². The van der Waals surface area contributed by atoms with Crippen LogP contribution in [0.3, 0.4) is 0 Å². The molecule has 2 amide bonds. The number of aromatic nitrogens is 1. The molecule has 0 bridgehead atoms. The fourth-order valence-corrected chi connectivity index (χ4v) is 2.53. The molecule has 1 heterocycles. The van der Waals surface area contributed by atoms with E-state index in [9.17, 15) is 4.79 Å². The summed E-state index contributed by atoms with van der Waals surface area (Å²) in [5.41, 5.74) is 2.50. The van der Waals surface area contributed by atoms with Crippen LogP contribution in [0.5, 0.6) is 11.5 Å². The summed E-state index contributed by atoms with van der Waals surface area (Å²) in [7, 11) is 0. The SMILES string of the molecule is Cc1cccc(Oc2ccccc2NC(=O)NC(C)c2ccccn2)c1. The number of nitrogens with zero attached hydrogens (tertiary/aromatic N) is 1. The Labute approximate surface area is 153 Å². The van der Waals surface area contributed by atoms with Gasteiger partial charge in [0.1, 0.15) is 5.75 Å². The van der Waals surface area contributed by atoms with E-state index in [1.165, 1.54) is 0 Å². The second-order valence-corrected chi connectivity index (χ2v) is 5.99. The molecule has 0 aliphatic heterocycles. The van der Waals surface area contributed by atoms with Crippen molar-refractivity contribution < 1.29 is 9.53 Å². The number of hydrogen-bond donors (Lipinski definition) is 2. The predicted molar refractivity (Wildman–Crippen MR) is 103 cm³/mol. The molecule has 0 saturated heterocycles. The normalized spacial score (nSPS) is 11.5. The van der Waals surface area contributed by atoms with Gasteiger partial charge in [-0.3, -0.25) is 4.98 Å². The fourth-order valence-electron chi connectivity index (χ4n) is 2.53. The van der Waals surface area contributed by atoms with E-state index in [1.807, 2.05) is 74.5 Å². The maximum atomic E-state index is 12.3. The van der Waals surface area contributed by atoms with Gasteiger partial charge >= 0.3 is 6.03 Å². The van der Waals surface area contributed by atoms with Gasteiger partial charge in [-0.1, -0.05) is 30.3 Å². The fraction of sp³-hybridized carbons (Fsp3) is 0.143. The summed E-state index contributed by atoms with van der Waals surface area (Å²) in [6, 6.07) is 20.2. The highest BCUT2D eigenvalue weighted by molar-refractivity contribution is 5.91. The molecule has 3 aromatic rings. The van der Waals surface area contributed by atoms with Gasteiger partial charge in [-0.05, 0) is 55.8 Å². The Morgan fingerprint density at radius 2 is 1.85 bits per heavy atom. The number of carbonyl (C=O) groups excluding carboxylic acids is 1. The first kappa shape index (κ1) is 17.5. The van der Waals surface area contributed by atoms with Crippen LogP contribution in [0.2, 0.25) is 0 Å². The molecule has 1 aromatic heterocycles. The number of amides is 2. The minimum Gasteiger partial charge on any atom is -0.455 e. The van der Waals surface area contributed by atoms with Crippen molar-refractivity contribution in [3.8, 4) is 11.5 Å². The highest BCUT2D eigenvalue weighted by atomic mass is 16.5. The molecule has 0 radical (unpaired) electrons. The minimum absolute atomic E-state index is 0.207. The van der Waals surface area contributed by atoms with E-state index in [-0.39, 0.29) is 12.1 Å². The van der Waals surface area contributed by atoms with E-state index in [0.717, 1.165) is 17.0 Å². The Balaban J connectivity index is 1.69. The molecule has 5 heteroatoms. The first-order valence-electron chi connectivity index (χ1n) is 8.44. The van der Waals surface area contributed by atoms with Crippen LogP contribution < -0.4 is 15.4 Å². The number of hydrogen-bond acceptors (Lipinski definition) is 3. The Bertz CT molecular complexity index is 881. The number of ether oxygens (including phenoxy) is 1. The molecule has 1 unspecified atom stereocenters. The van der Waals surface area contributed by atoms with E-state index in [4.69, 9.17) is 4.74 Å². The van der Waals surface area contributed by atoms with Gasteiger partial charge in [0.25, 0.3) is 0 Å². The number of urea groups is 1. The van der Waals surface area contributed by atoms with Crippen molar-refractivity contribution in [1.82, 2.24) is 10.3 Å². The Hall–Kier alpha value is -3.34. The van der Waals surface area contributed by atoms with E-state index < -0.39 is 0 Å². The van der Waals surface area contributed by atoms with Gasteiger partial charge in [-0.2, -0.15) is 0 Å². The van der Waals surface area contributed by atoms with Crippen LogP contribution in [0, 0.1) is 6.92 Å². The topological polar surface area (TPSA) is 63.2 Å². The number of pyridine rings is 1. The number of para-hydroxylation sites is 2. The number of anilines is 1. The van der Waals surface area contributed by atoms with Crippen LogP contribution in [0.15, 0.2) is 72.9 Å². The summed E-state index contributed by atoms with van der Waals surface area (Å²) in [6.45, 7) is 3.89. The molecule has 132 valence electrons. The van der Waals surface area contributed by atoms with Gasteiger partial charge in [0, 0.05) is 6.20 Å². The Morgan fingerprint density at radius 1 is 1.04 bits per heavy atom. The van der Waals surface area contributed by atoms with Crippen LogP contribution in [0.4, 0.5) is 10.5 Å². The van der Waals surface area contributed by atoms with Crippen LogP contribution in [0.1, 0.15) is 24.2 Å². The quantitative estimate of drug-likeness (QED) is 0.678. The number of benzene rings is 2. The smallest absolute Gasteiger partial charge is 0.319 e. The lowest BCUT2D eigenvalue weighted by atomic mass is 10.2. The molecule has 0 spiro atoms. The summed E-state index contributed by atoms with van der Waals surface area (Å²) < 4.78 is 5.93. The lowest BCUT2D eigenvalue weighted by Gasteiger charge is -2.16. The zero-order valence-corrected chi connectivity index (χ0v) is 14.8. The minimum atomic E-state index is -0.316. The molecule has 2 aromatic carbocycles. The summed E-state index contributed by atoms with van der Waals surface area (Å²) in [5.74, 6) is 1.31. The van der Waals surface area contributed by atoms with Crippen LogP contribution in [0.25, 0.3) is 0 Å². The molecule has 3 rings (SSSR count). The van der Waals surface area contributed by atoms with E-state index in [2.05, 4.69) is 15.6 Å². The zero-order valence-electron chi connectivity index (χ0n) is 14.8. The number of aryl methyl sites for hydroxylation is 1. The van der Waals surface area contributed by atoms with E-state index in [1.54, 1.807) is 12.3 Å². The van der Waals surface area contributed by atoms with Crippen molar-refractivity contribution in [2.75, 3.05) is 5.32 Å². The lowest BCUT2D eigenvalue weighted by Crippen LogP contribution is -2.31. The van der Waals surface area contributed by atoms with Gasteiger partial charge in [-0.25, -0.2) is 4.79 Å². The Kier molecular flexibility index (Phi) is 5.49. The maximum Gasteiger partial charge on any atom is 0.319 e. The summed E-state index contributed by atoms with van der Waals surface area (Å²) in [4.78, 5) is 16.6. The largest absolute Gasteiger partial charge is 0.455 e. The molecule has 2 N–H and O–H groups in total. The van der Waals surface area contributed by atoms with Crippen molar-refractivity contribution in [1.29, 1.82) is 0 Å². The average molecular weight is 347 g/mol. The highest BCUT2D eigenvalue weighted by Crippen LogP contribution is 2.29. The van der Waals surface area contributed by atoms with Crippen LogP contribution >= 0.6 is 0 Å². The number of carbonyl (C=O) groups is 1. The van der Waals surface area contributed by atoms with Crippen molar-refractivity contribution in [2.45, 2.75) is 19.9 Å². The molecule has 26 heavy (non-hydrogen) atoms. The molecule has 0 saturated carbocycles. The van der Waals surface area contributed by atoms with Crippen molar-refractivity contribution in [3.63, 3.8) is 0 Å². The first-order chi connectivity index (χ1) is 12.6. The monoisotopic (exact) mass is 347 g/mol. The maximum absolute atomic E-state index is 12.3. The summed E-state index contributed by atoms with van der Waals surface area (Å²) in [5, 5.41) is 5.72. The first-order valence-corrected chi connectivity index (χ1v) is 8.44. The third-order valence-corrected chi connectivity index (χ3v) is 3.83. The van der Waals surface area contributed by atoms with Crippen LogP contribution in [-0.4, -0.2) is 11.0 Å². The second-order valence-electron chi connectivity index (χ2n) is 5.99. The van der Waals surface area contributed by atoms with Gasteiger partial charge in [0.15, 0.2) is 5.75 Å². The van der Waals surface area contributed by atoms with Crippen molar-refractivity contribution >= 4 is 11.7 Å². The average Bonchev–Trinajstić information content (AvgIpc) is 2.64. The van der Waals surface area contributed by atoms with E-state index in [0.29, 0.717) is 11.4 Å². The van der Waals surface area contributed by atoms with Gasteiger partial charge in [0.05, 0.1) is 17.4 Å². The van der Waals surface area contributed by atoms with Gasteiger partial charge < -0.3 is 15.4 Å². The molecule has 0 aliphatic rings. The van der Waals surface area contributed by atoms with Crippen LogP contribution in [-0.2, 0) is 0 Å². The number of rotatable bonds is 5. The summed E-state index contributed by atoms with van der Waals surface area (Å²) in [6.07, 6.45) is 1.70. The highest BCUT2D eigenvalue weighted by Gasteiger charge is 2.12. The van der Waals surface area contributed by atoms with Gasteiger partial charge in [0.2, 0.25) is 0 Å². The zero-order chi connectivity index (χ0) is 18.4. The molecule has 0 aliphatic carbocycles. The third-order valence-electron chi connectivity index (χ3n) is 3.83. The lowest BCUT2D eigenvalue weighted by molar-refractivity contribution is 0.249. The molecular weight excluding hydrogens is 326 g/mol. The molecule has 5 nitrogen and oxygen atoms in total. The summed E-state index contributed by atoms with van der Waals surface area (Å²) >= 11 is 0. The van der Waals surface area contributed by atoms with E-state index >= 15 is 0 Å². The molecule has 0 fully saturated rings.